The average molecular weight is 307 g/mol. The molecule has 1 fully saturated rings. The van der Waals surface area contributed by atoms with Crippen LogP contribution in [0.2, 0.25) is 0 Å². The van der Waals surface area contributed by atoms with E-state index in [2.05, 4.69) is 71.9 Å². The topological polar surface area (TPSA) is 3.24 Å². The first kappa shape index (κ1) is 14.0. The fourth-order valence-corrected chi connectivity index (χ4v) is 4.62. The van der Waals surface area contributed by atoms with E-state index in [4.69, 9.17) is 0 Å². The van der Waals surface area contributed by atoms with Crippen LogP contribution in [0.1, 0.15) is 23.6 Å². The molecule has 2 aromatic carbocycles. The molecule has 0 radical (unpaired) electrons. The largest absolute Gasteiger partial charge is 0.299 e. The van der Waals surface area contributed by atoms with Gasteiger partial charge in [0.1, 0.15) is 0 Å². The molecule has 1 aromatic heterocycles. The van der Waals surface area contributed by atoms with Crippen LogP contribution in [0.15, 0.2) is 60.0 Å². The zero-order valence-electron chi connectivity index (χ0n) is 12.9. The van der Waals surface area contributed by atoms with Gasteiger partial charge in [0.25, 0.3) is 0 Å². The predicted octanol–water partition coefficient (Wildman–Crippen LogP) is 5.14. The van der Waals surface area contributed by atoms with E-state index in [1.54, 1.807) is 0 Å². The Labute approximate surface area is 136 Å². The lowest BCUT2D eigenvalue weighted by Crippen LogP contribution is -2.22. The van der Waals surface area contributed by atoms with Gasteiger partial charge < -0.3 is 0 Å². The molecule has 22 heavy (non-hydrogen) atoms. The van der Waals surface area contributed by atoms with Gasteiger partial charge in [-0.3, -0.25) is 4.90 Å². The van der Waals surface area contributed by atoms with Crippen molar-refractivity contribution in [1.82, 2.24) is 4.90 Å². The average Bonchev–Trinajstić information content (AvgIpc) is 3.14. The molecule has 0 saturated carbocycles. The first-order valence-corrected chi connectivity index (χ1v) is 8.90. The van der Waals surface area contributed by atoms with E-state index in [0.717, 1.165) is 0 Å². The van der Waals surface area contributed by atoms with E-state index >= 15 is 0 Å². The third-order valence-electron chi connectivity index (χ3n) is 4.93. The Kier molecular flexibility index (Phi) is 3.73. The SMILES string of the molecule is CN1CCC(Cc2ccccc2)C1c1ccc2sccc2c1. The molecule has 0 amide bonds. The van der Waals surface area contributed by atoms with Gasteiger partial charge in [-0.15, -0.1) is 11.3 Å². The number of rotatable bonds is 3. The summed E-state index contributed by atoms with van der Waals surface area (Å²) in [6.45, 7) is 1.20. The minimum absolute atomic E-state index is 0.546. The third kappa shape index (κ3) is 2.57. The van der Waals surface area contributed by atoms with Crippen LogP contribution in [-0.2, 0) is 6.42 Å². The highest BCUT2D eigenvalue weighted by Gasteiger charge is 2.32. The molecule has 112 valence electrons. The maximum Gasteiger partial charge on any atom is 0.0377 e. The summed E-state index contributed by atoms with van der Waals surface area (Å²) in [5.74, 6) is 0.712. The number of thiophene rings is 1. The first-order chi connectivity index (χ1) is 10.8. The highest BCUT2D eigenvalue weighted by molar-refractivity contribution is 7.17. The van der Waals surface area contributed by atoms with Gasteiger partial charge in [-0.05, 0) is 72.4 Å². The fraction of sp³-hybridized carbons (Fsp3) is 0.300. The number of hydrogen-bond acceptors (Lipinski definition) is 2. The van der Waals surface area contributed by atoms with Crippen molar-refractivity contribution in [2.75, 3.05) is 13.6 Å². The van der Waals surface area contributed by atoms with E-state index in [9.17, 15) is 0 Å². The molecular formula is C20H21NS. The summed E-state index contributed by atoms with van der Waals surface area (Å²) < 4.78 is 1.39. The molecule has 1 aliphatic rings. The number of benzene rings is 2. The van der Waals surface area contributed by atoms with Crippen molar-refractivity contribution in [3.8, 4) is 0 Å². The molecule has 3 aromatic rings. The second-order valence-corrected chi connectivity index (χ2v) is 7.33. The maximum atomic E-state index is 2.53. The zero-order chi connectivity index (χ0) is 14.9. The van der Waals surface area contributed by atoms with Gasteiger partial charge in [0.2, 0.25) is 0 Å². The number of fused-ring (bicyclic) bond motifs is 1. The van der Waals surface area contributed by atoms with Gasteiger partial charge in [-0.2, -0.15) is 0 Å². The van der Waals surface area contributed by atoms with Crippen LogP contribution >= 0.6 is 11.3 Å². The molecule has 0 bridgehead atoms. The van der Waals surface area contributed by atoms with Crippen LogP contribution in [0.3, 0.4) is 0 Å². The molecule has 2 unspecified atom stereocenters. The van der Waals surface area contributed by atoms with E-state index < -0.39 is 0 Å². The van der Waals surface area contributed by atoms with Gasteiger partial charge in [0, 0.05) is 10.7 Å². The standard InChI is InChI=1S/C20H21NS/c1-21-11-9-18(13-15-5-3-2-4-6-15)20(21)17-7-8-19-16(14-17)10-12-22-19/h2-8,10,12,14,18,20H,9,11,13H2,1H3. The Hall–Kier alpha value is -1.64. The van der Waals surface area contributed by atoms with E-state index in [1.807, 2.05) is 11.3 Å². The molecule has 4 rings (SSSR count). The summed E-state index contributed by atoms with van der Waals surface area (Å²) in [6.07, 6.45) is 2.47. The van der Waals surface area contributed by atoms with Gasteiger partial charge in [0.05, 0.1) is 0 Å². The predicted molar refractivity (Wildman–Crippen MR) is 95.4 cm³/mol. The Morgan fingerprint density at radius 1 is 1.09 bits per heavy atom. The quantitative estimate of drug-likeness (QED) is 0.648. The second kappa shape index (κ2) is 5.86. The van der Waals surface area contributed by atoms with Crippen molar-refractivity contribution in [1.29, 1.82) is 0 Å². The number of nitrogens with zero attached hydrogens (tertiary/aromatic N) is 1. The highest BCUT2D eigenvalue weighted by atomic mass is 32.1. The van der Waals surface area contributed by atoms with Crippen molar-refractivity contribution >= 4 is 21.4 Å². The molecule has 1 nitrogen and oxygen atoms in total. The summed E-state index contributed by atoms with van der Waals surface area (Å²) in [6, 6.07) is 20.7. The lowest BCUT2D eigenvalue weighted by Gasteiger charge is -2.26. The molecular weight excluding hydrogens is 286 g/mol. The summed E-state index contributed by atoms with van der Waals surface area (Å²) in [5.41, 5.74) is 2.94. The molecule has 0 spiro atoms. The minimum Gasteiger partial charge on any atom is -0.299 e. The Morgan fingerprint density at radius 3 is 2.82 bits per heavy atom. The van der Waals surface area contributed by atoms with Gasteiger partial charge in [0.15, 0.2) is 0 Å². The minimum atomic E-state index is 0.546. The maximum absolute atomic E-state index is 2.53. The fourth-order valence-electron chi connectivity index (χ4n) is 3.85. The van der Waals surface area contributed by atoms with Gasteiger partial charge in [-0.1, -0.05) is 36.4 Å². The van der Waals surface area contributed by atoms with Gasteiger partial charge >= 0.3 is 0 Å². The molecule has 2 heterocycles. The lowest BCUT2D eigenvalue weighted by molar-refractivity contribution is 0.276. The van der Waals surface area contributed by atoms with E-state index in [0.29, 0.717) is 12.0 Å². The first-order valence-electron chi connectivity index (χ1n) is 8.02. The van der Waals surface area contributed by atoms with Gasteiger partial charge in [-0.25, -0.2) is 0 Å². The monoisotopic (exact) mass is 307 g/mol. The van der Waals surface area contributed by atoms with Crippen LogP contribution in [-0.4, -0.2) is 18.5 Å². The zero-order valence-corrected chi connectivity index (χ0v) is 13.7. The third-order valence-corrected chi connectivity index (χ3v) is 5.83. The lowest BCUT2D eigenvalue weighted by atomic mass is 9.88. The van der Waals surface area contributed by atoms with Crippen LogP contribution in [0.4, 0.5) is 0 Å². The van der Waals surface area contributed by atoms with Crippen molar-refractivity contribution in [2.45, 2.75) is 18.9 Å². The van der Waals surface area contributed by atoms with Crippen LogP contribution < -0.4 is 0 Å². The summed E-state index contributed by atoms with van der Waals surface area (Å²) in [7, 11) is 2.27. The smallest absolute Gasteiger partial charge is 0.0377 e. The Bertz CT molecular complexity index is 761. The molecule has 2 atom stereocenters. The molecule has 0 aliphatic carbocycles. The van der Waals surface area contributed by atoms with E-state index in [1.165, 1.54) is 40.6 Å². The Morgan fingerprint density at radius 2 is 1.95 bits per heavy atom. The molecule has 1 aliphatic heterocycles. The number of likely N-dealkylation sites (tertiary alicyclic amines) is 1. The van der Waals surface area contributed by atoms with Crippen LogP contribution in [0.5, 0.6) is 0 Å². The molecule has 1 saturated heterocycles. The van der Waals surface area contributed by atoms with E-state index in [-0.39, 0.29) is 0 Å². The van der Waals surface area contributed by atoms with Crippen LogP contribution in [0, 0.1) is 5.92 Å². The molecule has 0 N–H and O–H groups in total. The second-order valence-electron chi connectivity index (χ2n) is 6.38. The van der Waals surface area contributed by atoms with Crippen LogP contribution in [0.25, 0.3) is 10.1 Å². The van der Waals surface area contributed by atoms with Crippen molar-refractivity contribution in [3.05, 3.63) is 71.1 Å². The summed E-state index contributed by atoms with van der Waals surface area (Å²) in [4.78, 5) is 2.53. The number of hydrogen-bond donors (Lipinski definition) is 0. The van der Waals surface area contributed by atoms with Crippen molar-refractivity contribution in [3.63, 3.8) is 0 Å². The van der Waals surface area contributed by atoms with Crippen molar-refractivity contribution < 1.29 is 0 Å². The Balaban J connectivity index is 1.64. The normalized spacial score (nSPS) is 22.4. The summed E-state index contributed by atoms with van der Waals surface area (Å²) in [5, 5.41) is 3.58. The summed E-state index contributed by atoms with van der Waals surface area (Å²) >= 11 is 1.83. The molecule has 2 heteroatoms. The highest BCUT2D eigenvalue weighted by Crippen LogP contribution is 2.39. The van der Waals surface area contributed by atoms with Crippen molar-refractivity contribution in [2.24, 2.45) is 5.92 Å².